The number of nitrogens with two attached hydrogens (primary N) is 1. The molecule has 3 aromatic rings. The smallest absolute Gasteiger partial charge is 0.270 e. The van der Waals surface area contributed by atoms with Crippen molar-refractivity contribution in [2.75, 3.05) is 5.73 Å². The lowest BCUT2D eigenvalue weighted by molar-refractivity contribution is -0.384. The third kappa shape index (κ3) is 2.54. The third-order valence-corrected chi connectivity index (χ3v) is 3.67. The van der Waals surface area contributed by atoms with Crippen molar-refractivity contribution in [1.29, 1.82) is 5.26 Å². The second kappa shape index (κ2) is 5.55. The first-order valence-electron chi connectivity index (χ1n) is 6.55. The van der Waals surface area contributed by atoms with Crippen LogP contribution in [0.5, 0.6) is 0 Å². The summed E-state index contributed by atoms with van der Waals surface area (Å²) in [6.07, 6.45) is 0. The minimum absolute atomic E-state index is 0.0730. The van der Waals surface area contributed by atoms with E-state index in [1.807, 2.05) is 6.07 Å². The van der Waals surface area contributed by atoms with Crippen molar-refractivity contribution in [3.8, 4) is 17.2 Å². The van der Waals surface area contributed by atoms with E-state index in [2.05, 4.69) is 4.98 Å². The molecule has 0 saturated carbocycles. The number of nitriles is 1. The molecule has 3 rings (SSSR count). The number of nitro groups is 1. The van der Waals surface area contributed by atoms with Crippen LogP contribution in [-0.4, -0.2) is 9.91 Å². The Kier molecular flexibility index (Phi) is 3.56. The van der Waals surface area contributed by atoms with Crippen LogP contribution in [-0.2, 0) is 0 Å². The van der Waals surface area contributed by atoms with Crippen LogP contribution in [0.25, 0.3) is 22.0 Å². The van der Waals surface area contributed by atoms with Gasteiger partial charge in [0, 0.05) is 28.1 Å². The van der Waals surface area contributed by atoms with Crippen molar-refractivity contribution in [3.63, 3.8) is 0 Å². The number of nitro benzene ring substituents is 1. The van der Waals surface area contributed by atoms with Gasteiger partial charge in [-0.1, -0.05) is 23.7 Å². The molecule has 0 unspecified atom stereocenters. The monoisotopic (exact) mass is 324 g/mol. The first kappa shape index (κ1) is 14.8. The number of non-ortho nitro benzene ring substituents is 1. The van der Waals surface area contributed by atoms with Gasteiger partial charge in [0.15, 0.2) is 0 Å². The molecular weight excluding hydrogens is 316 g/mol. The summed E-state index contributed by atoms with van der Waals surface area (Å²) in [7, 11) is 0. The van der Waals surface area contributed by atoms with E-state index >= 15 is 0 Å². The van der Waals surface area contributed by atoms with Crippen LogP contribution in [0, 0.1) is 21.4 Å². The molecule has 112 valence electrons. The summed E-state index contributed by atoms with van der Waals surface area (Å²) in [5.41, 5.74) is 7.56. The number of hydrogen-bond donors (Lipinski definition) is 1. The lowest BCUT2D eigenvalue weighted by atomic mass is 9.96. The molecule has 0 aliphatic carbocycles. The van der Waals surface area contributed by atoms with Gasteiger partial charge in [0.1, 0.15) is 17.5 Å². The predicted molar refractivity (Wildman–Crippen MR) is 88.0 cm³/mol. The van der Waals surface area contributed by atoms with Gasteiger partial charge in [-0.15, -0.1) is 0 Å². The van der Waals surface area contributed by atoms with Gasteiger partial charge < -0.3 is 5.73 Å². The maximum atomic E-state index is 11.0. The van der Waals surface area contributed by atoms with E-state index in [1.54, 1.807) is 24.3 Å². The predicted octanol–water partition coefficient (Wildman–Crippen LogP) is 3.92. The van der Waals surface area contributed by atoms with Gasteiger partial charge in [-0.25, -0.2) is 4.98 Å². The highest BCUT2D eigenvalue weighted by Gasteiger charge is 2.18. The van der Waals surface area contributed by atoms with Crippen molar-refractivity contribution < 1.29 is 4.92 Å². The lowest BCUT2D eigenvalue weighted by Gasteiger charge is -2.11. The number of benzene rings is 2. The van der Waals surface area contributed by atoms with Crippen LogP contribution in [0.4, 0.5) is 11.5 Å². The average Bonchev–Trinajstić information content (AvgIpc) is 2.53. The number of aromatic nitrogens is 1. The molecule has 23 heavy (non-hydrogen) atoms. The minimum atomic E-state index is -0.496. The molecule has 0 atom stereocenters. The van der Waals surface area contributed by atoms with Gasteiger partial charge in [-0.05, 0) is 23.8 Å². The van der Waals surface area contributed by atoms with Gasteiger partial charge in [0.25, 0.3) is 5.69 Å². The summed E-state index contributed by atoms with van der Waals surface area (Å²) in [5, 5.41) is 21.4. The summed E-state index contributed by atoms with van der Waals surface area (Å²) in [6, 6.07) is 13.1. The number of halogens is 1. The third-order valence-electron chi connectivity index (χ3n) is 3.43. The molecule has 0 saturated heterocycles. The van der Waals surface area contributed by atoms with Gasteiger partial charge in [0.2, 0.25) is 0 Å². The molecule has 7 heteroatoms. The van der Waals surface area contributed by atoms with Crippen molar-refractivity contribution in [2.45, 2.75) is 0 Å². The fraction of sp³-hybridized carbons (Fsp3) is 0. The molecule has 6 nitrogen and oxygen atoms in total. The first-order chi connectivity index (χ1) is 11.0. The Bertz CT molecular complexity index is 995. The molecule has 2 aromatic carbocycles. The Morgan fingerprint density at radius 2 is 2.04 bits per heavy atom. The second-order valence-electron chi connectivity index (χ2n) is 4.83. The summed E-state index contributed by atoms with van der Waals surface area (Å²) in [6.45, 7) is 0. The van der Waals surface area contributed by atoms with Gasteiger partial charge in [0.05, 0.1) is 10.4 Å². The quantitative estimate of drug-likeness (QED) is 0.568. The second-order valence-corrected chi connectivity index (χ2v) is 5.26. The Morgan fingerprint density at radius 1 is 1.26 bits per heavy atom. The number of nitrogens with zero attached hydrogens (tertiary/aromatic N) is 3. The zero-order valence-corrected chi connectivity index (χ0v) is 12.4. The highest BCUT2D eigenvalue weighted by molar-refractivity contribution is 6.31. The van der Waals surface area contributed by atoms with Crippen LogP contribution in [0.1, 0.15) is 5.56 Å². The maximum absolute atomic E-state index is 11.0. The summed E-state index contributed by atoms with van der Waals surface area (Å²) >= 11 is 6.02. The number of fused-ring (bicyclic) bond motifs is 1. The SMILES string of the molecule is N#Cc1c(N)nc2ccc([N+](=O)[O-])cc2c1-c1cccc(Cl)c1. The molecule has 0 aliphatic rings. The Morgan fingerprint density at radius 3 is 2.70 bits per heavy atom. The van der Waals surface area contributed by atoms with E-state index in [-0.39, 0.29) is 17.1 Å². The van der Waals surface area contributed by atoms with E-state index in [4.69, 9.17) is 17.3 Å². The zero-order valence-electron chi connectivity index (χ0n) is 11.7. The molecule has 1 aromatic heterocycles. The van der Waals surface area contributed by atoms with Crippen LogP contribution < -0.4 is 5.73 Å². The standard InChI is InChI=1S/C16H9ClN4O2/c17-10-3-1-2-9(6-10)15-12-7-11(21(22)23)4-5-14(12)20-16(19)13(15)8-18/h1-7H,(H2,19,20). The summed E-state index contributed by atoms with van der Waals surface area (Å²) < 4.78 is 0. The van der Waals surface area contributed by atoms with Crippen molar-refractivity contribution in [2.24, 2.45) is 0 Å². The topological polar surface area (TPSA) is 106 Å². The lowest BCUT2D eigenvalue weighted by Crippen LogP contribution is -2.00. The Balaban J connectivity index is 2.47. The van der Waals surface area contributed by atoms with Crippen LogP contribution >= 0.6 is 11.6 Å². The molecule has 0 amide bonds. The molecule has 0 spiro atoms. The molecule has 1 heterocycles. The number of pyridine rings is 1. The molecular formula is C16H9ClN4O2. The van der Waals surface area contributed by atoms with Crippen LogP contribution in [0.15, 0.2) is 42.5 Å². The zero-order chi connectivity index (χ0) is 16.6. The Hall–Kier alpha value is -3.17. The highest BCUT2D eigenvalue weighted by Crippen LogP contribution is 2.36. The van der Waals surface area contributed by atoms with Crippen molar-refractivity contribution >= 4 is 34.0 Å². The fourth-order valence-electron chi connectivity index (χ4n) is 2.44. The van der Waals surface area contributed by atoms with Gasteiger partial charge in [-0.2, -0.15) is 5.26 Å². The molecule has 0 fully saturated rings. The molecule has 0 aliphatic heterocycles. The van der Waals surface area contributed by atoms with E-state index in [1.165, 1.54) is 18.2 Å². The number of rotatable bonds is 2. The van der Waals surface area contributed by atoms with Crippen LogP contribution in [0.2, 0.25) is 5.02 Å². The van der Waals surface area contributed by atoms with E-state index in [0.29, 0.717) is 27.1 Å². The largest absolute Gasteiger partial charge is 0.383 e. The van der Waals surface area contributed by atoms with Gasteiger partial charge in [-0.3, -0.25) is 10.1 Å². The minimum Gasteiger partial charge on any atom is -0.383 e. The normalized spacial score (nSPS) is 10.4. The van der Waals surface area contributed by atoms with E-state index < -0.39 is 4.92 Å². The van der Waals surface area contributed by atoms with Gasteiger partial charge >= 0.3 is 0 Å². The fourth-order valence-corrected chi connectivity index (χ4v) is 2.63. The molecule has 2 N–H and O–H groups in total. The van der Waals surface area contributed by atoms with Crippen molar-refractivity contribution in [3.05, 3.63) is 63.2 Å². The Labute approximate surface area is 135 Å². The summed E-state index contributed by atoms with van der Waals surface area (Å²) in [5.74, 6) is 0.0730. The molecule has 0 radical (unpaired) electrons. The van der Waals surface area contributed by atoms with Crippen molar-refractivity contribution in [1.82, 2.24) is 4.98 Å². The highest BCUT2D eigenvalue weighted by atomic mass is 35.5. The average molecular weight is 325 g/mol. The number of nitrogen functional groups attached to an aromatic ring is 1. The first-order valence-corrected chi connectivity index (χ1v) is 6.92. The maximum Gasteiger partial charge on any atom is 0.270 e. The number of anilines is 1. The van der Waals surface area contributed by atoms with E-state index in [0.717, 1.165) is 0 Å². The van der Waals surface area contributed by atoms with E-state index in [9.17, 15) is 15.4 Å². The summed E-state index contributed by atoms with van der Waals surface area (Å²) in [4.78, 5) is 14.7. The number of hydrogen-bond acceptors (Lipinski definition) is 5. The molecule has 0 bridgehead atoms. The van der Waals surface area contributed by atoms with Crippen LogP contribution in [0.3, 0.4) is 0 Å².